The Morgan fingerprint density at radius 1 is 1.00 bits per heavy atom. The molecule has 1 saturated carbocycles. The number of hydrogen-bond donors (Lipinski definition) is 1. The van der Waals surface area contributed by atoms with Crippen LogP contribution in [0.3, 0.4) is 0 Å². The molecule has 0 atom stereocenters. The van der Waals surface area contributed by atoms with Crippen LogP contribution in [0.1, 0.15) is 48.8 Å². The smallest absolute Gasteiger partial charge is 0.264 e. The summed E-state index contributed by atoms with van der Waals surface area (Å²) in [6, 6.07) is 23.8. The number of hydrazone groups is 1. The van der Waals surface area contributed by atoms with Gasteiger partial charge in [0, 0.05) is 15.5 Å². The van der Waals surface area contributed by atoms with E-state index in [2.05, 4.69) is 44.7 Å². The minimum absolute atomic E-state index is 0.0581. The number of ether oxygens (including phenoxy) is 1. The summed E-state index contributed by atoms with van der Waals surface area (Å²) in [6.45, 7) is 0. The van der Waals surface area contributed by atoms with Crippen molar-refractivity contribution in [3.63, 3.8) is 0 Å². The maximum atomic E-state index is 14.6. The fourth-order valence-corrected chi connectivity index (χ4v) is 6.30. The molecule has 1 aromatic heterocycles. The first kappa shape index (κ1) is 24.6. The highest BCUT2D eigenvalue weighted by atomic mass is 79.9. The number of para-hydroxylation sites is 2. The zero-order valence-electron chi connectivity index (χ0n) is 21.3. The van der Waals surface area contributed by atoms with Crippen molar-refractivity contribution < 1.29 is 4.74 Å². The van der Waals surface area contributed by atoms with E-state index in [0.29, 0.717) is 17.4 Å². The van der Waals surface area contributed by atoms with Gasteiger partial charge in [-0.25, -0.2) is 15.0 Å². The minimum atomic E-state index is -0.213. The lowest BCUT2D eigenvalue weighted by molar-refractivity contribution is 0.284. The van der Waals surface area contributed by atoms with Gasteiger partial charge in [-0.2, -0.15) is 5.10 Å². The summed E-state index contributed by atoms with van der Waals surface area (Å²) in [4.78, 5) is 19.8. The predicted octanol–water partition coefficient (Wildman–Crippen LogP) is 6.87. The van der Waals surface area contributed by atoms with Crippen LogP contribution in [0.2, 0.25) is 0 Å². The summed E-state index contributed by atoms with van der Waals surface area (Å²) in [5.74, 6) is 0.958. The lowest BCUT2D eigenvalue weighted by Gasteiger charge is -2.42. The Morgan fingerprint density at radius 2 is 1.74 bits per heavy atom. The maximum Gasteiger partial charge on any atom is 0.264 e. The normalized spacial score (nSPS) is 15.7. The van der Waals surface area contributed by atoms with Gasteiger partial charge in [0.1, 0.15) is 5.75 Å². The predicted molar refractivity (Wildman–Crippen MR) is 156 cm³/mol. The minimum Gasteiger partial charge on any atom is -0.495 e. The van der Waals surface area contributed by atoms with Crippen LogP contribution in [0.25, 0.3) is 16.9 Å². The van der Waals surface area contributed by atoms with E-state index < -0.39 is 0 Å². The van der Waals surface area contributed by atoms with Crippen molar-refractivity contribution in [1.29, 1.82) is 0 Å². The molecule has 7 heteroatoms. The summed E-state index contributed by atoms with van der Waals surface area (Å²) < 4.78 is 8.31. The van der Waals surface area contributed by atoms with Gasteiger partial charge in [-0.3, -0.25) is 4.79 Å². The van der Waals surface area contributed by atoms with Crippen molar-refractivity contribution in [1.82, 2.24) is 9.55 Å². The molecular weight excluding hydrogens is 540 g/mol. The first-order chi connectivity index (χ1) is 18.6. The van der Waals surface area contributed by atoms with Crippen LogP contribution < -0.4 is 15.7 Å². The van der Waals surface area contributed by atoms with E-state index in [1.165, 1.54) is 12.0 Å². The average Bonchev–Trinajstić information content (AvgIpc) is 2.94. The number of halogens is 1. The molecule has 192 valence electrons. The van der Waals surface area contributed by atoms with Crippen molar-refractivity contribution >= 4 is 28.1 Å². The van der Waals surface area contributed by atoms with E-state index in [1.54, 1.807) is 17.9 Å². The molecule has 0 radical (unpaired) electrons. The molecule has 1 fully saturated rings. The summed E-state index contributed by atoms with van der Waals surface area (Å²) in [5, 5.41) is 4.48. The molecule has 2 aliphatic carbocycles. The Balaban J connectivity index is 1.58. The monoisotopic (exact) mass is 568 g/mol. The number of hydrogen-bond acceptors (Lipinski definition) is 5. The number of aromatic nitrogens is 2. The van der Waals surface area contributed by atoms with E-state index in [1.807, 2.05) is 54.6 Å². The quantitative estimate of drug-likeness (QED) is 0.210. The van der Waals surface area contributed by atoms with Crippen LogP contribution in [0, 0.1) is 0 Å². The first-order valence-corrected chi connectivity index (χ1v) is 13.8. The molecule has 6 rings (SSSR count). The summed E-state index contributed by atoms with van der Waals surface area (Å²) in [6.07, 6.45) is 8.02. The summed E-state index contributed by atoms with van der Waals surface area (Å²) in [7, 11) is 1.62. The molecule has 0 saturated heterocycles. The number of methoxy groups -OCH3 is 1. The Labute approximate surface area is 230 Å². The molecular formula is C31H29BrN4O2. The van der Waals surface area contributed by atoms with E-state index in [9.17, 15) is 4.79 Å². The highest BCUT2D eigenvalue weighted by molar-refractivity contribution is 9.10. The lowest BCUT2D eigenvalue weighted by Crippen LogP contribution is -2.43. The van der Waals surface area contributed by atoms with E-state index >= 15 is 0 Å². The molecule has 3 aromatic carbocycles. The Morgan fingerprint density at radius 3 is 2.53 bits per heavy atom. The van der Waals surface area contributed by atoms with Gasteiger partial charge in [-0.1, -0.05) is 83.7 Å². The molecule has 1 N–H and O–H groups in total. The van der Waals surface area contributed by atoms with Gasteiger partial charge in [0.15, 0.2) is 0 Å². The molecule has 1 heterocycles. The number of benzene rings is 3. The lowest BCUT2D eigenvalue weighted by atomic mass is 9.62. The first-order valence-electron chi connectivity index (χ1n) is 13.0. The Bertz CT molecular complexity index is 1570. The van der Waals surface area contributed by atoms with E-state index in [4.69, 9.17) is 9.72 Å². The van der Waals surface area contributed by atoms with Crippen LogP contribution in [0.4, 0.5) is 5.95 Å². The molecule has 0 aliphatic heterocycles. The fraction of sp³-hybridized carbons (Fsp3) is 0.258. The van der Waals surface area contributed by atoms with Gasteiger partial charge in [0.2, 0.25) is 5.95 Å². The molecule has 0 amide bonds. The topological polar surface area (TPSA) is 68.5 Å². The molecule has 1 spiro atoms. The number of fused-ring (bicyclic) bond motifs is 4. The number of nitrogens with one attached hydrogen (secondary N) is 1. The Hall–Kier alpha value is -3.71. The molecule has 2 aliphatic rings. The van der Waals surface area contributed by atoms with Gasteiger partial charge in [0.25, 0.3) is 5.56 Å². The molecule has 0 bridgehead atoms. The third kappa shape index (κ3) is 4.35. The van der Waals surface area contributed by atoms with Gasteiger partial charge < -0.3 is 4.74 Å². The highest BCUT2D eigenvalue weighted by Crippen LogP contribution is 2.49. The summed E-state index contributed by atoms with van der Waals surface area (Å²) in [5.41, 5.74) is 8.27. The van der Waals surface area contributed by atoms with Crippen LogP contribution in [-0.2, 0) is 11.8 Å². The molecule has 0 unspecified atom stereocenters. The van der Waals surface area contributed by atoms with Crippen molar-refractivity contribution in [3.8, 4) is 22.7 Å². The number of rotatable bonds is 5. The van der Waals surface area contributed by atoms with Crippen molar-refractivity contribution in [2.45, 2.75) is 43.9 Å². The molecule has 4 aromatic rings. The second-order valence-corrected chi connectivity index (χ2v) is 11.0. The third-order valence-corrected chi connectivity index (χ3v) is 8.33. The van der Waals surface area contributed by atoms with Gasteiger partial charge in [0.05, 0.1) is 30.3 Å². The van der Waals surface area contributed by atoms with Crippen molar-refractivity contribution in [2.75, 3.05) is 12.5 Å². The van der Waals surface area contributed by atoms with Crippen LogP contribution in [0.5, 0.6) is 5.75 Å². The van der Waals surface area contributed by atoms with Crippen molar-refractivity contribution in [3.05, 3.63) is 104 Å². The highest BCUT2D eigenvalue weighted by Gasteiger charge is 2.43. The van der Waals surface area contributed by atoms with Crippen LogP contribution >= 0.6 is 15.9 Å². The number of anilines is 1. The standard InChI is InChI=1S/C31H29BrN4O2/c1-38-26-12-6-5-11-25(26)36-29(37)27-28(34-30(36)35-33-20-21-13-15-23(32)16-14-21)24-10-4-3-9-22(24)19-31(27)17-7-2-8-18-31/h3-6,9-16,20H,2,7-8,17-19H2,1H3,(H,34,35)/b33-20-. The zero-order valence-corrected chi connectivity index (χ0v) is 22.9. The van der Waals surface area contributed by atoms with E-state index in [0.717, 1.165) is 59.0 Å². The summed E-state index contributed by atoms with van der Waals surface area (Å²) >= 11 is 3.47. The zero-order chi connectivity index (χ0) is 26.1. The SMILES string of the molecule is COc1ccccc1-n1c(N/N=C\c2ccc(Br)cc2)nc2c(c1=O)C1(CCCCC1)Cc1ccccc1-2. The molecule has 38 heavy (non-hydrogen) atoms. The second kappa shape index (κ2) is 10.2. The second-order valence-electron chi connectivity index (χ2n) is 10.1. The van der Waals surface area contributed by atoms with Gasteiger partial charge >= 0.3 is 0 Å². The third-order valence-electron chi connectivity index (χ3n) is 7.80. The van der Waals surface area contributed by atoms with Crippen LogP contribution in [0.15, 0.2) is 87.2 Å². The van der Waals surface area contributed by atoms with Crippen molar-refractivity contribution in [2.24, 2.45) is 5.10 Å². The van der Waals surface area contributed by atoms with Crippen LogP contribution in [-0.4, -0.2) is 22.9 Å². The largest absolute Gasteiger partial charge is 0.495 e. The fourth-order valence-electron chi connectivity index (χ4n) is 6.03. The molecule has 6 nitrogen and oxygen atoms in total. The van der Waals surface area contributed by atoms with Gasteiger partial charge in [-0.15, -0.1) is 0 Å². The number of nitrogens with zero attached hydrogens (tertiary/aromatic N) is 3. The average molecular weight is 570 g/mol. The van der Waals surface area contributed by atoms with E-state index in [-0.39, 0.29) is 11.0 Å². The van der Waals surface area contributed by atoms with Gasteiger partial charge in [-0.05, 0) is 54.7 Å². The maximum absolute atomic E-state index is 14.6. The Kier molecular flexibility index (Phi) is 6.62.